The van der Waals surface area contributed by atoms with E-state index in [4.69, 9.17) is 9.47 Å². The predicted molar refractivity (Wildman–Crippen MR) is 91.1 cm³/mol. The van der Waals surface area contributed by atoms with E-state index in [0.29, 0.717) is 22.6 Å². The number of hydrogen-bond acceptors (Lipinski definition) is 6. The normalized spacial score (nSPS) is 10.9. The molecule has 0 amide bonds. The van der Waals surface area contributed by atoms with Crippen LogP contribution < -0.4 is 9.47 Å². The Morgan fingerprint density at radius 1 is 1.32 bits per heavy atom. The summed E-state index contributed by atoms with van der Waals surface area (Å²) in [5, 5.41) is 12.6. The van der Waals surface area contributed by atoms with Gasteiger partial charge in [0.2, 0.25) is 11.3 Å². The summed E-state index contributed by atoms with van der Waals surface area (Å²) >= 11 is 0. The van der Waals surface area contributed by atoms with Crippen LogP contribution in [0.4, 0.5) is 0 Å². The second-order valence-corrected chi connectivity index (χ2v) is 6.10. The van der Waals surface area contributed by atoms with E-state index in [1.807, 2.05) is 20.8 Å². The Morgan fingerprint density at radius 2 is 2.04 bits per heavy atom. The second-order valence-electron chi connectivity index (χ2n) is 6.10. The van der Waals surface area contributed by atoms with E-state index < -0.39 is 11.8 Å². The highest BCUT2D eigenvalue weighted by Gasteiger charge is 2.24. The first-order chi connectivity index (χ1) is 11.8. The minimum absolute atomic E-state index is 0.126. The van der Waals surface area contributed by atoms with Crippen LogP contribution in [0.1, 0.15) is 50.3 Å². The zero-order valence-electron chi connectivity index (χ0n) is 14.9. The molecule has 0 saturated heterocycles. The molecule has 7 heteroatoms. The van der Waals surface area contributed by atoms with Crippen LogP contribution in [0.2, 0.25) is 0 Å². The summed E-state index contributed by atoms with van der Waals surface area (Å²) in [5.41, 5.74) is 0.654. The van der Waals surface area contributed by atoms with Gasteiger partial charge in [0.1, 0.15) is 17.9 Å². The number of ketones is 1. The Kier molecular flexibility index (Phi) is 5.90. The maximum Gasteiger partial charge on any atom is 0.306 e. The van der Waals surface area contributed by atoms with Crippen molar-refractivity contribution in [1.29, 1.82) is 0 Å². The average molecular weight is 346 g/mol. The van der Waals surface area contributed by atoms with Crippen molar-refractivity contribution in [1.82, 2.24) is 4.98 Å². The number of esters is 1. The first-order valence-electron chi connectivity index (χ1n) is 8.19. The molecule has 0 unspecified atom stereocenters. The predicted octanol–water partition coefficient (Wildman–Crippen LogP) is 2.56. The van der Waals surface area contributed by atoms with Crippen molar-refractivity contribution in [2.45, 2.75) is 40.7 Å². The molecule has 0 spiro atoms. The van der Waals surface area contributed by atoms with Gasteiger partial charge in [0.05, 0.1) is 12.7 Å². The number of benzene rings is 1. The molecule has 0 aliphatic heterocycles. The number of aromatic nitrogens is 2. The molecule has 0 bridgehead atoms. The van der Waals surface area contributed by atoms with Gasteiger partial charge in [0.15, 0.2) is 5.69 Å². The number of carbonyl (C=O) groups excluding carboxylic acids is 2. The lowest BCUT2D eigenvalue weighted by Crippen LogP contribution is -2.37. The lowest BCUT2D eigenvalue weighted by Gasteiger charge is -2.12. The highest BCUT2D eigenvalue weighted by atomic mass is 16.5. The minimum atomic E-state index is -0.443. The Morgan fingerprint density at radius 3 is 2.64 bits per heavy atom. The number of hydrogen-bond donors (Lipinski definition) is 0. The van der Waals surface area contributed by atoms with Gasteiger partial charge in [0, 0.05) is 13.3 Å². The molecule has 0 N–H and O–H groups in total. The van der Waals surface area contributed by atoms with Crippen LogP contribution in [-0.4, -0.2) is 23.3 Å². The first kappa shape index (κ1) is 18.6. The van der Waals surface area contributed by atoms with Crippen molar-refractivity contribution in [2.75, 3.05) is 6.61 Å². The zero-order chi connectivity index (χ0) is 18.6. The maximum absolute atomic E-state index is 12.6. The highest BCUT2D eigenvalue weighted by Crippen LogP contribution is 2.19. The van der Waals surface area contributed by atoms with Crippen LogP contribution >= 0.6 is 0 Å². The van der Waals surface area contributed by atoms with E-state index >= 15 is 0 Å². The van der Waals surface area contributed by atoms with Gasteiger partial charge in [-0.25, -0.2) is 4.98 Å². The van der Waals surface area contributed by atoms with Gasteiger partial charge in [-0.2, -0.15) is 4.73 Å². The molecule has 134 valence electrons. The maximum atomic E-state index is 12.6. The fourth-order valence-corrected chi connectivity index (χ4v) is 2.44. The molecule has 25 heavy (non-hydrogen) atoms. The zero-order valence-corrected chi connectivity index (χ0v) is 14.9. The SMILES string of the molecule is CCOc1ccc2nc(COC(=O)CC(C)C)c(C(C)=O)[n+]([O-])c2c1. The van der Waals surface area contributed by atoms with Crippen molar-refractivity contribution in [2.24, 2.45) is 5.92 Å². The standard InChI is InChI=1S/C18H22N2O5/c1-5-24-13-6-7-14-16(9-13)20(23)18(12(4)21)15(19-14)10-25-17(22)8-11(2)3/h6-7,9,11H,5,8,10H2,1-4H3. The van der Waals surface area contributed by atoms with Gasteiger partial charge in [-0.05, 0) is 25.0 Å². The smallest absolute Gasteiger partial charge is 0.306 e. The number of rotatable bonds is 7. The van der Waals surface area contributed by atoms with Gasteiger partial charge in [-0.15, -0.1) is 0 Å². The minimum Gasteiger partial charge on any atom is -0.618 e. The molecule has 2 rings (SSSR count). The summed E-state index contributed by atoms with van der Waals surface area (Å²) in [5.74, 6) is -0.158. The van der Waals surface area contributed by atoms with Crippen molar-refractivity contribution in [3.8, 4) is 5.75 Å². The molecule has 7 nitrogen and oxygen atoms in total. The van der Waals surface area contributed by atoms with Crippen LogP contribution in [0.25, 0.3) is 11.0 Å². The summed E-state index contributed by atoms with van der Waals surface area (Å²) in [6.07, 6.45) is 0.262. The quantitative estimate of drug-likeness (QED) is 0.331. The Balaban J connectivity index is 2.42. The van der Waals surface area contributed by atoms with Gasteiger partial charge in [-0.1, -0.05) is 13.8 Å². The third-order valence-electron chi connectivity index (χ3n) is 3.49. The number of ether oxygens (including phenoxy) is 2. The average Bonchev–Trinajstić information content (AvgIpc) is 2.52. The Labute approximate surface area is 146 Å². The van der Waals surface area contributed by atoms with Gasteiger partial charge in [-0.3, -0.25) is 9.59 Å². The summed E-state index contributed by atoms with van der Waals surface area (Å²) in [6.45, 7) is 7.16. The van der Waals surface area contributed by atoms with Crippen LogP contribution in [0, 0.1) is 11.1 Å². The fourth-order valence-electron chi connectivity index (χ4n) is 2.44. The van der Waals surface area contributed by atoms with Crippen LogP contribution in [-0.2, 0) is 16.1 Å². The summed E-state index contributed by atoms with van der Waals surface area (Å²) in [6, 6.07) is 4.87. The molecule has 0 aliphatic carbocycles. The van der Waals surface area contributed by atoms with E-state index in [9.17, 15) is 14.8 Å². The fraction of sp³-hybridized carbons (Fsp3) is 0.444. The monoisotopic (exact) mass is 346 g/mol. The molecule has 1 heterocycles. The molecule has 0 aliphatic rings. The van der Waals surface area contributed by atoms with E-state index in [1.165, 1.54) is 6.92 Å². The number of Topliss-reactive ketones (excluding diaryl/α,β-unsaturated/α-hetero) is 1. The third-order valence-corrected chi connectivity index (χ3v) is 3.49. The number of carbonyl (C=O) groups is 2. The lowest BCUT2D eigenvalue weighted by atomic mass is 10.1. The van der Waals surface area contributed by atoms with E-state index in [0.717, 1.165) is 0 Å². The topological polar surface area (TPSA) is 92.4 Å². The molecule has 1 aromatic heterocycles. The first-order valence-corrected chi connectivity index (χ1v) is 8.19. The summed E-state index contributed by atoms with van der Waals surface area (Å²) < 4.78 is 11.1. The van der Waals surface area contributed by atoms with Crippen molar-refractivity contribution in [3.05, 3.63) is 34.8 Å². The van der Waals surface area contributed by atoms with Crippen molar-refractivity contribution in [3.63, 3.8) is 0 Å². The number of nitrogens with zero attached hydrogens (tertiary/aromatic N) is 2. The molecule has 1 aromatic carbocycles. The van der Waals surface area contributed by atoms with Crippen LogP contribution in [0.15, 0.2) is 18.2 Å². The number of fused-ring (bicyclic) bond motifs is 1. The van der Waals surface area contributed by atoms with Gasteiger partial charge >= 0.3 is 5.97 Å². The molecule has 2 aromatic rings. The van der Waals surface area contributed by atoms with E-state index in [-0.39, 0.29) is 35.9 Å². The molecule has 0 saturated carbocycles. The molecular weight excluding hydrogens is 324 g/mol. The summed E-state index contributed by atoms with van der Waals surface area (Å²) in [4.78, 5) is 28.0. The Bertz CT molecular complexity index is 802. The molecule has 0 atom stereocenters. The van der Waals surface area contributed by atoms with E-state index in [2.05, 4.69) is 4.98 Å². The van der Waals surface area contributed by atoms with Crippen molar-refractivity contribution < 1.29 is 23.8 Å². The largest absolute Gasteiger partial charge is 0.618 e. The van der Waals surface area contributed by atoms with Crippen LogP contribution in [0.5, 0.6) is 5.75 Å². The second kappa shape index (κ2) is 7.92. The highest BCUT2D eigenvalue weighted by molar-refractivity contribution is 5.93. The van der Waals surface area contributed by atoms with Crippen molar-refractivity contribution >= 4 is 22.8 Å². The molecule has 0 radical (unpaired) electrons. The van der Waals surface area contributed by atoms with Crippen LogP contribution in [0.3, 0.4) is 0 Å². The third kappa shape index (κ3) is 4.43. The van der Waals surface area contributed by atoms with E-state index in [1.54, 1.807) is 18.2 Å². The van der Waals surface area contributed by atoms with Gasteiger partial charge < -0.3 is 14.7 Å². The molecule has 0 fully saturated rings. The lowest BCUT2D eigenvalue weighted by molar-refractivity contribution is -0.580. The van der Waals surface area contributed by atoms with Gasteiger partial charge in [0.25, 0.3) is 5.69 Å². The Hall–Kier alpha value is -2.70. The molecular formula is C18H22N2O5. The summed E-state index contributed by atoms with van der Waals surface area (Å²) in [7, 11) is 0.